The van der Waals surface area contributed by atoms with Crippen LogP contribution in [-0.4, -0.2) is 39.4 Å². The average Bonchev–Trinajstić information content (AvgIpc) is 2.89. The Bertz CT molecular complexity index is 818. The fourth-order valence-corrected chi connectivity index (χ4v) is 4.78. The van der Waals surface area contributed by atoms with E-state index >= 15 is 0 Å². The maximum absolute atomic E-state index is 5.71. The highest BCUT2D eigenvalue weighted by Crippen LogP contribution is 2.24. The van der Waals surface area contributed by atoms with Crippen molar-refractivity contribution in [1.82, 2.24) is 19.2 Å². The summed E-state index contributed by atoms with van der Waals surface area (Å²) in [6, 6.07) is 8.51. The second kappa shape index (κ2) is 9.23. The van der Waals surface area contributed by atoms with Gasteiger partial charge >= 0.3 is 0 Å². The molecule has 0 atom stereocenters. The molecular weight excluding hydrogens is 368 g/mol. The molecule has 0 bridgehead atoms. The van der Waals surface area contributed by atoms with Crippen LogP contribution in [0.1, 0.15) is 49.9 Å². The van der Waals surface area contributed by atoms with Crippen molar-refractivity contribution in [3.63, 3.8) is 0 Å². The molecule has 0 unspecified atom stereocenters. The van der Waals surface area contributed by atoms with Crippen LogP contribution in [0, 0.1) is 10.7 Å². The molecule has 152 valence electrons. The van der Waals surface area contributed by atoms with Crippen LogP contribution in [0.25, 0.3) is 0 Å². The van der Waals surface area contributed by atoms with Crippen molar-refractivity contribution in [1.29, 1.82) is 0 Å². The standard InChI is InChI=1S/C22H32N4OS/c1-27-20-10-8-18(9-11-20)6-7-19-12-15-24(16-13-19)17-26-22(28)25-14-4-2-3-5-21(25)23-26/h8-11,19H,2-7,12-17H2,1H3. The first-order valence-electron chi connectivity index (χ1n) is 10.7. The summed E-state index contributed by atoms with van der Waals surface area (Å²) in [5, 5.41) is 4.84. The largest absolute Gasteiger partial charge is 0.497 e. The minimum atomic E-state index is 0.824. The monoisotopic (exact) mass is 400 g/mol. The van der Waals surface area contributed by atoms with Crippen LogP contribution in [0.4, 0.5) is 0 Å². The lowest BCUT2D eigenvalue weighted by molar-refractivity contribution is 0.136. The van der Waals surface area contributed by atoms with E-state index in [2.05, 4.69) is 38.4 Å². The number of hydrogen-bond donors (Lipinski definition) is 0. The van der Waals surface area contributed by atoms with E-state index in [0.717, 1.165) is 55.6 Å². The number of nitrogens with zero attached hydrogens (tertiary/aromatic N) is 4. The number of methoxy groups -OCH3 is 1. The molecule has 0 amide bonds. The van der Waals surface area contributed by atoms with Gasteiger partial charge in [-0.15, -0.1) is 0 Å². The summed E-state index contributed by atoms with van der Waals surface area (Å²) < 4.78 is 10.5. The minimum absolute atomic E-state index is 0.824. The Morgan fingerprint density at radius 3 is 2.61 bits per heavy atom. The molecule has 2 aromatic rings. The van der Waals surface area contributed by atoms with Gasteiger partial charge in [-0.1, -0.05) is 18.6 Å². The van der Waals surface area contributed by atoms with E-state index in [1.54, 1.807) is 7.11 Å². The number of piperidine rings is 1. The second-order valence-electron chi connectivity index (χ2n) is 8.25. The molecule has 2 aliphatic heterocycles. The van der Waals surface area contributed by atoms with Gasteiger partial charge in [0.15, 0.2) is 4.77 Å². The summed E-state index contributed by atoms with van der Waals surface area (Å²) in [5.74, 6) is 2.95. The Hall–Kier alpha value is -1.66. The molecule has 1 saturated heterocycles. The van der Waals surface area contributed by atoms with Gasteiger partial charge in [0, 0.05) is 26.1 Å². The zero-order valence-electron chi connectivity index (χ0n) is 17.0. The Labute approximate surface area is 173 Å². The van der Waals surface area contributed by atoms with Gasteiger partial charge in [-0.2, -0.15) is 5.10 Å². The van der Waals surface area contributed by atoms with E-state index in [1.807, 2.05) is 0 Å². The third kappa shape index (κ3) is 4.66. The number of fused-ring (bicyclic) bond motifs is 1. The van der Waals surface area contributed by atoms with Gasteiger partial charge in [-0.05, 0) is 74.4 Å². The third-order valence-corrected chi connectivity index (χ3v) is 6.75. The third-order valence-electron chi connectivity index (χ3n) is 6.32. The molecule has 0 radical (unpaired) electrons. The molecule has 1 fully saturated rings. The average molecular weight is 401 g/mol. The lowest BCUT2D eigenvalue weighted by Crippen LogP contribution is -2.35. The summed E-state index contributed by atoms with van der Waals surface area (Å²) >= 11 is 5.71. The highest BCUT2D eigenvalue weighted by Gasteiger charge is 2.21. The van der Waals surface area contributed by atoms with Crippen molar-refractivity contribution in [2.24, 2.45) is 5.92 Å². The summed E-state index contributed by atoms with van der Waals surface area (Å²) in [7, 11) is 1.72. The fourth-order valence-electron chi connectivity index (χ4n) is 4.49. The van der Waals surface area contributed by atoms with E-state index in [0.29, 0.717) is 0 Å². The summed E-state index contributed by atoms with van der Waals surface area (Å²) in [4.78, 5) is 2.52. The molecule has 5 nitrogen and oxygen atoms in total. The quantitative estimate of drug-likeness (QED) is 0.671. The predicted octanol–water partition coefficient (Wildman–Crippen LogP) is 4.45. The maximum atomic E-state index is 5.71. The zero-order valence-corrected chi connectivity index (χ0v) is 17.8. The van der Waals surface area contributed by atoms with Crippen molar-refractivity contribution < 1.29 is 4.74 Å². The number of aryl methyl sites for hydroxylation is 2. The van der Waals surface area contributed by atoms with Crippen LogP contribution in [0.2, 0.25) is 0 Å². The first-order chi connectivity index (χ1) is 13.7. The Kier molecular flexibility index (Phi) is 6.47. The number of benzene rings is 1. The number of ether oxygens (including phenoxy) is 1. The molecule has 0 N–H and O–H groups in total. The van der Waals surface area contributed by atoms with Crippen molar-refractivity contribution >= 4 is 12.2 Å². The van der Waals surface area contributed by atoms with Gasteiger partial charge in [0.25, 0.3) is 0 Å². The Balaban J connectivity index is 1.26. The van der Waals surface area contributed by atoms with Crippen molar-refractivity contribution in [2.45, 2.75) is 64.6 Å². The van der Waals surface area contributed by atoms with Gasteiger partial charge in [-0.25, -0.2) is 4.68 Å². The van der Waals surface area contributed by atoms with Gasteiger partial charge in [0.2, 0.25) is 0 Å². The normalized spacial score (nSPS) is 18.6. The van der Waals surface area contributed by atoms with E-state index in [1.165, 1.54) is 49.9 Å². The molecule has 2 aliphatic rings. The zero-order chi connectivity index (χ0) is 19.3. The summed E-state index contributed by atoms with van der Waals surface area (Å²) in [5.41, 5.74) is 1.41. The fraction of sp³-hybridized carbons (Fsp3) is 0.636. The molecule has 0 spiro atoms. The van der Waals surface area contributed by atoms with Gasteiger partial charge in [0.1, 0.15) is 11.6 Å². The Morgan fingerprint density at radius 2 is 1.86 bits per heavy atom. The molecule has 0 saturated carbocycles. The SMILES string of the molecule is COc1ccc(CCC2CCN(Cn3nc4n(c3=S)CCCCC4)CC2)cc1. The first-order valence-corrected chi connectivity index (χ1v) is 11.2. The predicted molar refractivity (Wildman–Crippen MR) is 114 cm³/mol. The van der Waals surface area contributed by atoms with Crippen molar-refractivity contribution in [2.75, 3.05) is 20.2 Å². The number of hydrogen-bond acceptors (Lipinski definition) is 4. The van der Waals surface area contributed by atoms with E-state index in [-0.39, 0.29) is 0 Å². The van der Waals surface area contributed by atoms with Gasteiger partial charge in [-0.3, -0.25) is 4.90 Å². The highest BCUT2D eigenvalue weighted by molar-refractivity contribution is 7.71. The molecular formula is C22H32N4OS. The van der Waals surface area contributed by atoms with Gasteiger partial charge < -0.3 is 9.30 Å². The molecule has 4 rings (SSSR count). The van der Waals surface area contributed by atoms with Crippen molar-refractivity contribution in [3.8, 4) is 5.75 Å². The summed E-state index contributed by atoms with van der Waals surface area (Å²) in [6.45, 7) is 4.19. The van der Waals surface area contributed by atoms with Gasteiger partial charge in [0.05, 0.1) is 13.8 Å². The topological polar surface area (TPSA) is 35.2 Å². The molecule has 3 heterocycles. The molecule has 28 heavy (non-hydrogen) atoms. The summed E-state index contributed by atoms with van der Waals surface area (Å²) in [6.07, 6.45) is 9.82. The van der Waals surface area contributed by atoms with Crippen LogP contribution in [0.15, 0.2) is 24.3 Å². The molecule has 6 heteroatoms. The Morgan fingerprint density at radius 1 is 1.07 bits per heavy atom. The molecule has 1 aromatic heterocycles. The lowest BCUT2D eigenvalue weighted by atomic mass is 9.91. The van der Waals surface area contributed by atoms with E-state index < -0.39 is 0 Å². The molecule has 0 aliphatic carbocycles. The smallest absolute Gasteiger partial charge is 0.199 e. The number of rotatable bonds is 6. The van der Waals surface area contributed by atoms with Crippen molar-refractivity contribution in [3.05, 3.63) is 40.4 Å². The van der Waals surface area contributed by atoms with Crippen LogP contribution in [0.5, 0.6) is 5.75 Å². The highest BCUT2D eigenvalue weighted by atomic mass is 32.1. The minimum Gasteiger partial charge on any atom is -0.497 e. The van der Waals surface area contributed by atoms with E-state index in [9.17, 15) is 0 Å². The van der Waals surface area contributed by atoms with Crippen LogP contribution >= 0.6 is 12.2 Å². The van der Waals surface area contributed by atoms with Crippen LogP contribution in [0.3, 0.4) is 0 Å². The first kappa shape index (κ1) is 19.6. The van der Waals surface area contributed by atoms with Crippen LogP contribution in [-0.2, 0) is 26.1 Å². The second-order valence-corrected chi connectivity index (χ2v) is 8.62. The number of likely N-dealkylation sites (tertiary alicyclic amines) is 1. The maximum Gasteiger partial charge on any atom is 0.199 e. The lowest BCUT2D eigenvalue weighted by Gasteiger charge is -2.31. The number of aromatic nitrogens is 3. The molecule has 1 aromatic carbocycles. The van der Waals surface area contributed by atoms with E-state index in [4.69, 9.17) is 22.1 Å². The van der Waals surface area contributed by atoms with Crippen LogP contribution < -0.4 is 4.74 Å².